The van der Waals surface area contributed by atoms with E-state index in [2.05, 4.69) is 17.1 Å². The van der Waals surface area contributed by atoms with Crippen molar-refractivity contribution >= 4 is 5.69 Å². The Labute approximate surface area is 126 Å². The summed E-state index contributed by atoms with van der Waals surface area (Å²) in [5.74, 6) is 0. The van der Waals surface area contributed by atoms with E-state index in [1.165, 1.54) is 12.8 Å². The molecule has 0 spiro atoms. The van der Waals surface area contributed by atoms with Gasteiger partial charge in [0.1, 0.15) is 0 Å². The molecule has 0 aliphatic carbocycles. The molecule has 1 saturated heterocycles. The van der Waals surface area contributed by atoms with Crippen molar-refractivity contribution in [2.75, 3.05) is 19.6 Å². The molecule has 1 unspecified atom stereocenters. The van der Waals surface area contributed by atoms with Crippen molar-refractivity contribution in [2.24, 2.45) is 0 Å². The summed E-state index contributed by atoms with van der Waals surface area (Å²) in [4.78, 5) is 13.3. The van der Waals surface area contributed by atoms with Crippen LogP contribution in [0, 0.1) is 17.0 Å². The number of hydrogen-bond donors (Lipinski definition) is 1. The molecular formula is C16H25N3O2. The molecule has 0 radical (unpaired) electrons. The molecule has 1 aliphatic rings. The lowest BCUT2D eigenvalue weighted by Crippen LogP contribution is -2.46. The Morgan fingerprint density at radius 1 is 1.48 bits per heavy atom. The van der Waals surface area contributed by atoms with Gasteiger partial charge in [0.25, 0.3) is 5.69 Å². The van der Waals surface area contributed by atoms with Gasteiger partial charge in [-0.3, -0.25) is 15.0 Å². The van der Waals surface area contributed by atoms with Gasteiger partial charge in [0.15, 0.2) is 0 Å². The molecule has 5 heteroatoms. The Kier molecular flexibility index (Phi) is 5.70. The van der Waals surface area contributed by atoms with E-state index in [-0.39, 0.29) is 10.6 Å². The Morgan fingerprint density at radius 3 is 2.90 bits per heavy atom. The molecule has 1 heterocycles. The molecule has 0 aromatic heterocycles. The molecule has 1 aromatic rings. The largest absolute Gasteiger partial charge is 0.315 e. The van der Waals surface area contributed by atoms with Crippen molar-refractivity contribution < 1.29 is 4.92 Å². The summed E-state index contributed by atoms with van der Waals surface area (Å²) >= 11 is 0. The molecule has 2 rings (SSSR count). The molecule has 1 fully saturated rings. The molecule has 0 bridgehead atoms. The number of nitrogens with one attached hydrogen (secondary N) is 1. The second-order valence-electron chi connectivity index (χ2n) is 5.79. The quantitative estimate of drug-likeness (QED) is 0.647. The van der Waals surface area contributed by atoms with Crippen molar-refractivity contribution in [2.45, 2.75) is 45.7 Å². The number of nitro groups is 1. The molecular weight excluding hydrogens is 266 g/mol. The average Bonchev–Trinajstić information content (AvgIpc) is 2.49. The lowest BCUT2D eigenvalue weighted by atomic mass is 10.0. The van der Waals surface area contributed by atoms with Gasteiger partial charge in [0, 0.05) is 30.8 Å². The number of piperidine rings is 1. The van der Waals surface area contributed by atoms with E-state index < -0.39 is 0 Å². The summed E-state index contributed by atoms with van der Waals surface area (Å²) in [6.07, 6.45) is 3.52. The molecule has 1 aromatic carbocycles. The fraction of sp³-hybridized carbons (Fsp3) is 0.625. The molecule has 1 N–H and O–H groups in total. The summed E-state index contributed by atoms with van der Waals surface area (Å²) in [5, 5.41) is 14.5. The maximum absolute atomic E-state index is 11.1. The number of nitrogens with zero attached hydrogens (tertiary/aromatic N) is 2. The first-order valence-corrected chi connectivity index (χ1v) is 7.81. The lowest BCUT2D eigenvalue weighted by molar-refractivity contribution is -0.385. The van der Waals surface area contributed by atoms with Gasteiger partial charge in [0.05, 0.1) is 4.92 Å². The van der Waals surface area contributed by atoms with E-state index in [0.717, 1.165) is 43.7 Å². The van der Waals surface area contributed by atoms with Crippen molar-refractivity contribution in [3.05, 3.63) is 39.4 Å². The van der Waals surface area contributed by atoms with Gasteiger partial charge < -0.3 is 5.32 Å². The topological polar surface area (TPSA) is 58.4 Å². The van der Waals surface area contributed by atoms with Crippen molar-refractivity contribution in [3.8, 4) is 0 Å². The lowest BCUT2D eigenvalue weighted by Gasteiger charge is -2.34. The number of nitro benzene ring substituents is 1. The van der Waals surface area contributed by atoms with Crippen LogP contribution in [0.5, 0.6) is 0 Å². The average molecular weight is 291 g/mol. The summed E-state index contributed by atoms with van der Waals surface area (Å²) in [6.45, 7) is 8.00. The summed E-state index contributed by atoms with van der Waals surface area (Å²) < 4.78 is 0. The van der Waals surface area contributed by atoms with E-state index in [9.17, 15) is 10.1 Å². The van der Waals surface area contributed by atoms with Crippen LogP contribution >= 0.6 is 0 Å². The molecule has 1 aliphatic heterocycles. The van der Waals surface area contributed by atoms with Gasteiger partial charge >= 0.3 is 0 Å². The maximum Gasteiger partial charge on any atom is 0.272 e. The highest BCUT2D eigenvalue weighted by atomic mass is 16.6. The van der Waals surface area contributed by atoms with Crippen LogP contribution in [-0.2, 0) is 6.54 Å². The Morgan fingerprint density at radius 2 is 2.29 bits per heavy atom. The van der Waals surface area contributed by atoms with E-state index in [1.807, 2.05) is 13.0 Å². The molecule has 0 saturated carbocycles. The van der Waals surface area contributed by atoms with E-state index in [0.29, 0.717) is 6.04 Å². The minimum absolute atomic E-state index is 0.228. The van der Waals surface area contributed by atoms with E-state index in [4.69, 9.17) is 0 Å². The van der Waals surface area contributed by atoms with Crippen LogP contribution in [0.4, 0.5) is 5.69 Å². The van der Waals surface area contributed by atoms with Crippen LogP contribution in [0.1, 0.15) is 37.3 Å². The zero-order valence-corrected chi connectivity index (χ0v) is 13.0. The first kappa shape index (κ1) is 15.9. The minimum atomic E-state index is -0.287. The maximum atomic E-state index is 11.1. The zero-order chi connectivity index (χ0) is 15.2. The fourth-order valence-corrected chi connectivity index (χ4v) is 3.08. The van der Waals surface area contributed by atoms with Crippen LogP contribution in [0.3, 0.4) is 0 Å². The van der Waals surface area contributed by atoms with Crippen LogP contribution in [0.25, 0.3) is 0 Å². The van der Waals surface area contributed by atoms with E-state index >= 15 is 0 Å². The molecule has 1 atom stereocenters. The molecule has 5 nitrogen and oxygen atoms in total. The van der Waals surface area contributed by atoms with Gasteiger partial charge in [-0.2, -0.15) is 0 Å². The van der Waals surface area contributed by atoms with Gasteiger partial charge in [-0.15, -0.1) is 0 Å². The Balaban J connectivity index is 2.16. The standard InChI is InChI=1S/C16H25N3O2/c1-3-10-18(15-7-5-9-17-11-15)12-14-6-4-8-16(13(14)2)19(20)21/h4,6,8,15,17H,3,5,7,9-12H2,1-2H3. The fourth-order valence-electron chi connectivity index (χ4n) is 3.08. The van der Waals surface area contributed by atoms with Crippen LogP contribution < -0.4 is 5.32 Å². The SMILES string of the molecule is CCCN(Cc1cccc([N+](=O)[O-])c1C)C1CCCNC1. The van der Waals surface area contributed by atoms with Gasteiger partial charge in [-0.25, -0.2) is 0 Å². The highest BCUT2D eigenvalue weighted by molar-refractivity contribution is 5.44. The normalized spacial score (nSPS) is 18.9. The smallest absolute Gasteiger partial charge is 0.272 e. The van der Waals surface area contributed by atoms with Gasteiger partial charge in [-0.1, -0.05) is 19.1 Å². The third-order valence-electron chi connectivity index (χ3n) is 4.29. The van der Waals surface area contributed by atoms with E-state index in [1.54, 1.807) is 12.1 Å². The van der Waals surface area contributed by atoms with Gasteiger partial charge in [-0.05, 0) is 44.8 Å². The molecule has 116 valence electrons. The van der Waals surface area contributed by atoms with Crippen LogP contribution in [0.15, 0.2) is 18.2 Å². The monoisotopic (exact) mass is 291 g/mol. The van der Waals surface area contributed by atoms with Gasteiger partial charge in [0.2, 0.25) is 0 Å². The zero-order valence-electron chi connectivity index (χ0n) is 13.0. The Hall–Kier alpha value is -1.46. The number of hydrogen-bond acceptors (Lipinski definition) is 4. The van der Waals surface area contributed by atoms with Crippen molar-refractivity contribution in [1.82, 2.24) is 10.2 Å². The minimum Gasteiger partial charge on any atom is -0.315 e. The molecule has 21 heavy (non-hydrogen) atoms. The Bertz CT molecular complexity index is 484. The predicted octanol–water partition coefficient (Wildman–Crippen LogP) is 2.87. The van der Waals surface area contributed by atoms with Crippen LogP contribution in [-0.4, -0.2) is 35.5 Å². The molecule has 0 amide bonds. The third kappa shape index (κ3) is 4.02. The summed E-state index contributed by atoms with van der Waals surface area (Å²) in [6, 6.07) is 5.94. The van der Waals surface area contributed by atoms with Crippen molar-refractivity contribution in [1.29, 1.82) is 0 Å². The second-order valence-corrected chi connectivity index (χ2v) is 5.79. The second kappa shape index (κ2) is 7.52. The number of rotatable bonds is 6. The van der Waals surface area contributed by atoms with Crippen molar-refractivity contribution in [3.63, 3.8) is 0 Å². The highest BCUT2D eigenvalue weighted by Crippen LogP contribution is 2.24. The highest BCUT2D eigenvalue weighted by Gasteiger charge is 2.22. The third-order valence-corrected chi connectivity index (χ3v) is 4.29. The summed E-state index contributed by atoms with van der Waals surface area (Å²) in [5.41, 5.74) is 2.10. The van der Waals surface area contributed by atoms with Crippen LogP contribution in [0.2, 0.25) is 0 Å². The first-order valence-electron chi connectivity index (χ1n) is 7.81. The first-order chi connectivity index (χ1) is 10.1. The summed E-state index contributed by atoms with van der Waals surface area (Å²) in [7, 11) is 0. The number of benzene rings is 1. The predicted molar refractivity (Wildman–Crippen MR) is 84.4 cm³/mol.